The normalized spacial score (nSPS) is 19.2. The molecule has 1 heterocycles. The summed E-state index contributed by atoms with van der Waals surface area (Å²) in [7, 11) is 1.58. The van der Waals surface area contributed by atoms with Crippen molar-refractivity contribution in [3.63, 3.8) is 0 Å². The minimum Gasteiger partial charge on any atom is -0.496 e. The highest BCUT2D eigenvalue weighted by molar-refractivity contribution is 7.99. The van der Waals surface area contributed by atoms with E-state index in [1.807, 2.05) is 30.0 Å². The van der Waals surface area contributed by atoms with Gasteiger partial charge in [0.15, 0.2) is 5.84 Å². The van der Waals surface area contributed by atoms with E-state index in [0.29, 0.717) is 11.3 Å². The summed E-state index contributed by atoms with van der Waals surface area (Å²) in [6, 6.07) is 5.70. The van der Waals surface area contributed by atoms with E-state index in [4.69, 9.17) is 15.7 Å². The third kappa shape index (κ3) is 3.80. The molecule has 0 radical (unpaired) electrons. The molecule has 0 spiro atoms. The van der Waals surface area contributed by atoms with E-state index in [-0.39, 0.29) is 5.84 Å². The van der Waals surface area contributed by atoms with Crippen LogP contribution in [0.2, 0.25) is 0 Å². The highest BCUT2D eigenvalue weighted by Crippen LogP contribution is 2.23. The third-order valence-electron chi connectivity index (χ3n) is 3.44. The van der Waals surface area contributed by atoms with E-state index in [1.54, 1.807) is 7.11 Å². The third-order valence-corrected chi connectivity index (χ3v) is 4.67. The van der Waals surface area contributed by atoms with Gasteiger partial charge in [0.1, 0.15) is 5.75 Å². The van der Waals surface area contributed by atoms with Gasteiger partial charge in [-0.3, -0.25) is 0 Å². The fourth-order valence-electron chi connectivity index (χ4n) is 2.28. The van der Waals surface area contributed by atoms with Gasteiger partial charge in [-0.25, -0.2) is 0 Å². The van der Waals surface area contributed by atoms with Crippen molar-refractivity contribution in [2.24, 2.45) is 16.8 Å². The van der Waals surface area contributed by atoms with E-state index in [2.05, 4.69) is 10.5 Å². The predicted molar refractivity (Wildman–Crippen MR) is 82.6 cm³/mol. The summed E-state index contributed by atoms with van der Waals surface area (Å²) < 4.78 is 5.29. The minimum atomic E-state index is 0.0596. The lowest BCUT2D eigenvalue weighted by atomic mass is 10.1. The summed E-state index contributed by atoms with van der Waals surface area (Å²) in [5, 5.41) is 15.2. The van der Waals surface area contributed by atoms with Crippen molar-refractivity contribution in [1.29, 1.82) is 0 Å². The lowest BCUT2D eigenvalue weighted by Gasteiger charge is -2.12. The number of benzene rings is 1. The Hall–Kier alpha value is -1.40. The number of thioether (sulfide) groups is 1. The highest BCUT2D eigenvalue weighted by atomic mass is 32.2. The van der Waals surface area contributed by atoms with Crippen LogP contribution in [0.4, 0.5) is 0 Å². The largest absolute Gasteiger partial charge is 0.496 e. The van der Waals surface area contributed by atoms with Gasteiger partial charge < -0.3 is 21.0 Å². The number of nitrogens with one attached hydrogen (secondary N) is 1. The first-order valence-electron chi connectivity index (χ1n) is 6.68. The molecule has 20 heavy (non-hydrogen) atoms. The predicted octanol–water partition coefficient (Wildman–Crippen LogP) is 1.63. The Morgan fingerprint density at radius 1 is 1.60 bits per heavy atom. The molecule has 1 aliphatic rings. The van der Waals surface area contributed by atoms with Crippen molar-refractivity contribution in [2.45, 2.75) is 13.0 Å². The Balaban J connectivity index is 1.94. The minimum absolute atomic E-state index is 0.0596. The maximum absolute atomic E-state index is 8.73. The highest BCUT2D eigenvalue weighted by Gasteiger charge is 2.14. The molecule has 5 nitrogen and oxygen atoms in total. The van der Waals surface area contributed by atoms with Crippen LogP contribution < -0.4 is 15.8 Å². The average molecular weight is 295 g/mol. The van der Waals surface area contributed by atoms with Crippen LogP contribution in [0.1, 0.15) is 17.5 Å². The summed E-state index contributed by atoms with van der Waals surface area (Å²) >= 11 is 2.03. The number of ether oxygens (including phenoxy) is 1. The molecule has 1 aromatic carbocycles. The van der Waals surface area contributed by atoms with Gasteiger partial charge >= 0.3 is 0 Å². The van der Waals surface area contributed by atoms with E-state index < -0.39 is 0 Å². The quantitative estimate of drug-likeness (QED) is 0.322. The van der Waals surface area contributed by atoms with Gasteiger partial charge in [0.25, 0.3) is 0 Å². The molecule has 6 heteroatoms. The van der Waals surface area contributed by atoms with E-state index >= 15 is 0 Å². The molecule has 2 rings (SSSR count). The molecule has 0 amide bonds. The second kappa shape index (κ2) is 7.40. The molecule has 0 aliphatic carbocycles. The molecule has 1 atom stereocenters. The number of methoxy groups -OCH3 is 1. The monoisotopic (exact) mass is 295 g/mol. The van der Waals surface area contributed by atoms with Crippen LogP contribution in [0, 0.1) is 5.92 Å². The number of nitrogens with zero attached hydrogens (tertiary/aromatic N) is 1. The summed E-state index contributed by atoms with van der Waals surface area (Å²) in [6.45, 7) is 1.85. The van der Waals surface area contributed by atoms with E-state index in [1.165, 1.54) is 17.9 Å². The Labute approximate surface area is 123 Å². The van der Waals surface area contributed by atoms with Crippen LogP contribution in [0.5, 0.6) is 5.75 Å². The van der Waals surface area contributed by atoms with Crippen LogP contribution in [-0.2, 0) is 6.54 Å². The van der Waals surface area contributed by atoms with Crippen molar-refractivity contribution < 1.29 is 9.94 Å². The number of hydrogen-bond donors (Lipinski definition) is 3. The van der Waals surface area contributed by atoms with Gasteiger partial charge in [0, 0.05) is 6.54 Å². The average Bonchev–Trinajstić information content (AvgIpc) is 2.99. The van der Waals surface area contributed by atoms with Gasteiger partial charge in [-0.15, -0.1) is 0 Å². The number of nitrogens with two attached hydrogens (primary N) is 1. The van der Waals surface area contributed by atoms with Gasteiger partial charge in [-0.1, -0.05) is 11.2 Å². The van der Waals surface area contributed by atoms with Crippen molar-refractivity contribution >= 4 is 17.6 Å². The van der Waals surface area contributed by atoms with Crippen LogP contribution in [0.3, 0.4) is 0 Å². The zero-order valence-electron chi connectivity index (χ0n) is 11.6. The second-order valence-electron chi connectivity index (χ2n) is 4.88. The van der Waals surface area contributed by atoms with Crippen LogP contribution in [0.25, 0.3) is 0 Å². The van der Waals surface area contributed by atoms with Gasteiger partial charge in [-0.05, 0) is 48.1 Å². The zero-order chi connectivity index (χ0) is 14.4. The standard InChI is InChI=1S/C14H21N3O2S/c1-19-13-6-10(2-3-12(13)14(15)17-18)7-16-8-11-4-5-20-9-11/h2-3,6,11,16,18H,4-5,7-9H2,1H3,(H2,15,17). The fourth-order valence-corrected chi connectivity index (χ4v) is 3.56. The SMILES string of the molecule is COc1cc(CNCC2CCSC2)ccc1/C(N)=N/O. The van der Waals surface area contributed by atoms with E-state index in [0.717, 1.165) is 24.6 Å². The number of rotatable bonds is 6. The lowest BCUT2D eigenvalue weighted by Crippen LogP contribution is -2.22. The molecule has 110 valence electrons. The molecule has 0 saturated carbocycles. The molecule has 1 saturated heterocycles. The van der Waals surface area contributed by atoms with Crippen molar-refractivity contribution in [3.05, 3.63) is 29.3 Å². The topological polar surface area (TPSA) is 79.9 Å². The number of oxime groups is 1. The molecular formula is C14H21N3O2S. The first-order valence-corrected chi connectivity index (χ1v) is 7.83. The van der Waals surface area contributed by atoms with Crippen molar-refractivity contribution in [3.8, 4) is 5.75 Å². The van der Waals surface area contributed by atoms with Gasteiger partial charge in [0.05, 0.1) is 12.7 Å². The molecule has 4 N–H and O–H groups in total. The molecule has 1 fully saturated rings. The lowest BCUT2D eigenvalue weighted by molar-refractivity contribution is 0.318. The van der Waals surface area contributed by atoms with Crippen LogP contribution in [0.15, 0.2) is 23.4 Å². The van der Waals surface area contributed by atoms with Crippen molar-refractivity contribution in [1.82, 2.24) is 5.32 Å². The first kappa shape index (κ1) is 15.0. The molecular weight excluding hydrogens is 274 g/mol. The second-order valence-corrected chi connectivity index (χ2v) is 6.03. The van der Waals surface area contributed by atoms with Crippen molar-refractivity contribution in [2.75, 3.05) is 25.2 Å². The van der Waals surface area contributed by atoms with Gasteiger partial charge in [0.2, 0.25) is 0 Å². The number of amidine groups is 1. The Morgan fingerprint density at radius 2 is 2.45 bits per heavy atom. The zero-order valence-corrected chi connectivity index (χ0v) is 12.4. The Morgan fingerprint density at radius 3 is 3.10 bits per heavy atom. The molecule has 0 aromatic heterocycles. The maximum Gasteiger partial charge on any atom is 0.173 e. The molecule has 1 aliphatic heterocycles. The summed E-state index contributed by atoms with van der Waals surface area (Å²) in [4.78, 5) is 0. The Kier molecular flexibility index (Phi) is 5.55. The first-order chi connectivity index (χ1) is 9.74. The summed E-state index contributed by atoms with van der Waals surface area (Å²) in [6.07, 6.45) is 1.31. The molecule has 0 bridgehead atoms. The maximum atomic E-state index is 8.73. The van der Waals surface area contributed by atoms with Gasteiger partial charge in [-0.2, -0.15) is 11.8 Å². The molecule has 1 unspecified atom stereocenters. The fraction of sp³-hybridized carbons (Fsp3) is 0.500. The van der Waals surface area contributed by atoms with Crippen LogP contribution >= 0.6 is 11.8 Å². The van der Waals surface area contributed by atoms with Crippen LogP contribution in [-0.4, -0.2) is 36.2 Å². The Bertz CT molecular complexity index is 473. The molecule has 1 aromatic rings. The summed E-state index contributed by atoms with van der Waals surface area (Å²) in [5.41, 5.74) is 7.34. The smallest absolute Gasteiger partial charge is 0.173 e. The number of hydrogen-bond acceptors (Lipinski definition) is 5. The summed E-state index contributed by atoms with van der Waals surface area (Å²) in [5.74, 6) is 4.02. The van der Waals surface area contributed by atoms with E-state index in [9.17, 15) is 0 Å².